The van der Waals surface area contributed by atoms with Gasteiger partial charge in [0.15, 0.2) is 6.29 Å². The highest BCUT2D eigenvalue weighted by Crippen LogP contribution is 2.42. The third-order valence-electron chi connectivity index (χ3n) is 11.1. The van der Waals surface area contributed by atoms with Gasteiger partial charge >= 0.3 is 0 Å². The molecule has 0 bridgehead atoms. The number of aliphatic hydroxyl groups excluding tert-OH is 1. The predicted molar refractivity (Wildman–Crippen MR) is 235 cm³/mol. The minimum atomic E-state index is -3.98. The second kappa shape index (κ2) is 19.7. The van der Waals surface area contributed by atoms with Crippen molar-refractivity contribution >= 4 is 15.9 Å². The number of benzene rings is 6. The zero-order valence-corrected chi connectivity index (χ0v) is 35.1. The van der Waals surface area contributed by atoms with E-state index in [9.17, 15) is 18.3 Å². The van der Waals surface area contributed by atoms with Crippen LogP contribution in [0.4, 0.5) is 0 Å². The second-order valence-electron chi connectivity index (χ2n) is 15.7. The number of carbonyl (C=O) groups is 1. The van der Waals surface area contributed by atoms with E-state index in [2.05, 4.69) is 53.2 Å². The first-order chi connectivity index (χ1) is 29.1. The molecule has 10 heteroatoms. The summed E-state index contributed by atoms with van der Waals surface area (Å²) in [7, 11) is -1.87. The molecule has 0 aromatic heterocycles. The predicted octanol–water partition coefficient (Wildman–Crippen LogP) is 8.28. The number of nitrogens with one attached hydrogen (secondary N) is 2. The highest BCUT2D eigenvalue weighted by Gasteiger charge is 2.39. The monoisotopic (exact) mass is 823 g/mol. The first-order valence-corrected chi connectivity index (χ1v) is 21.9. The third kappa shape index (κ3) is 10.8. The van der Waals surface area contributed by atoms with Gasteiger partial charge in [-0.05, 0) is 71.5 Å². The van der Waals surface area contributed by atoms with E-state index in [1.807, 2.05) is 116 Å². The van der Waals surface area contributed by atoms with Gasteiger partial charge in [0.25, 0.3) is 0 Å². The fraction of sp³-hybridized carbons (Fsp3) is 0.260. The first kappa shape index (κ1) is 42.7. The molecule has 1 amide bonds. The summed E-state index contributed by atoms with van der Waals surface area (Å²) in [6, 6.07) is 49.2. The van der Waals surface area contributed by atoms with E-state index in [-0.39, 0.29) is 42.6 Å². The van der Waals surface area contributed by atoms with E-state index in [1.165, 1.54) is 5.56 Å². The van der Waals surface area contributed by atoms with Crippen LogP contribution in [0.3, 0.4) is 0 Å². The molecule has 6 aromatic rings. The molecule has 7 rings (SSSR count). The molecule has 1 fully saturated rings. The van der Waals surface area contributed by atoms with Crippen LogP contribution in [-0.2, 0) is 50.4 Å². The maximum Gasteiger partial charge on any atom is 0.241 e. The van der Waals surface area contributed by atoms with E-state index in [4.69, 9.17) is 9.47 Å². The van der Waals surface area contributed by atoms with Gasteiger partial charge in [-0.2, -0.15) is 4.72 Å². The molecule has 60 heavy (non-hydrogen) atoms. The van der Waals surface area contributed by atoms with Gasteiger partial charge in [0.1, 0.15) is 6.04 Å². The quantitative estimate of drug-likeness (QED) is 0.0900. The van der Waals surface area contributed by atoms with Gasteiger partial charge in [-0.1, -0.05) is 158 Å². The molecule has 310 valence electrons. The molecule has 9 nitrogen and oxygen atoms in total. The molecular formula is C50H53N3O6S. The Balaban J connectivity index is 1.08. The molecule has 1 heterocycles. The summed E-state index contributed by atoms with van der Waals surface area (Å²) in [4.78, 5) is 16.2. The van der Waals surface area contributed by atoms with E-state index >= 15 is 0 Å². The maximum atomic E-state index is 13.8. The van der Waals surface area contributed by atoms with Crippen molar-refractivity contribution < 1.29 is 27.8 Å². The van der Waals surface area contributed by atoms with Crippen molar-refractivity contribution in [2.75, 3.05) is 13.6 Å². The van der Waals surface area contributed by atoms with E-state index in [0.29, 0.717) is 6.54 Å². The molecule has 1 aliphatic rings. The highest BCUT2D eigenvalue weighted by atomic mass is 32.2. The number of nitrogens with zero attached hydrogens (tertiary/aromatic N) is 1. The lowest BCUT2D eigenvalue weighted by Gasteiger charge is -2.42. The van der Waals surface area contributed by atoms with Crippen molar-refractivity contribution in [2.24, 2.45) is 5.92 Å². The zero-order valence-electron chi connectivity index (χ0n) is 34.3. The van der Waals surface area contributed by atoms with Crippen molar-refractivity contribution in [3.05, 3.63) is 197 Å². The van der Waals surface area contributed by atoms with Crippen LogP contribution in [0.2, 0.25) is 0 Å². The molecule has 6 aromatic carbocycles. The molecular weight excluding hydrogens is 771 g/mol. The number of hydrogen-bond donors (Lipinski definition) is 3. The number of rotatable bonds is 16. The first-order valence-electron chi connectivity index (χ1n) is 20.4. The number of ether oxygens (including phenoxy) is 2. The Morgan fingerprint density at radius 3 is 2.02 bits per heavy atom. The van der Waals surface area contributed by atoms with Crippen molar-refractivity contribution in [1.29, 1.82) is 0 Å². The number of likely N-dealkylation sites (N-methyl/N-ethyl adjacent to an activating group) is 1. The average molecular weight is 824 g/mol. The molecule has 5 atom stereocenters. The van der Waals surface area contributed by atoms with Gasteiger partial charge in [-0.3, -0.25) is 9.69 Å². The Morgan fingerprint density at radius 1 is 0.733 bits per heavy atom. The van der Waals surface area contributed by atoms with Crippen molar-refractivity contribution in [3.63, 3.8) is 0 Å². The summed E-state index contributed by atoms with van der Waals surface area (Å²) < 4.78 is 43.1. The molecule has 0 aliphatic carbocycles. The molecule has 0 spiro atoms. The van der Waals surface area contributed by atoms with Crippen LogP contribution in [-0.4, -0.2) is 50.1 Å². The van der Waals surface area contributed by atoms with E-state index in [1.54, 1.807) is 24.3 Å². The summed E-state index contributed by atoms with van der Waals surface area (Å²) in [6.45, 7) is 5.73. The smallest absolute Gasteiger partial charge is 0.241 e. The van der Waals surface area contributed by atoms with Gasteiger partial charge in [-0.15, -0.1) is 0 Å². The summed E-state index contributed by atoms with van der Waals surface area (Å²) in [5.41, 5.74) is 8.53. The summed E-state index contributed by atoms with van der Waals surface area (Å²) in [6.07, 6.45) is -0.796. The van der Waals surface area contributed by atoms with Crippen LogP contribution in [0.5, 0.6) is 0 Å². The van der Waals surface area contributed by atoms with Crippen LogP contribution in [0.1, 0.15) is 58.3 Å². The summed E-state index contributed by atoms with van der Waals surface area (Å²) in [5, 5.41) is 12.7. The van der Waals surface area contributed by atoms with Crippen LogP contribution in [0.25, 0.3) is 11.1 Å². The number of aliphatic hydroxyl groups is 1. The van der Waals surface area contributed by atoms with E-state index in [0.717, 1.165) is 51.1 Å². The molecule has 1 saturated heterocycles. The zero-order chi connectivity index (χ0) is 42.1. The largest absolute Gasteiger partial charge is 0.392 e. The molecule has 0 saturated carbocycles. The molecule has 0 radical (unpaired) electrons. The Labute approximate surface area is 354 Å². The fourth-order valence-corrected chi connectivity index (χ4v) is 8.88. The van der Waals surface area contributed by atoms with Gasteiger partial charge < -0.3 is 19.9 Å². The standard InChI is InChI=1S/C50H53N3O6S/c1-35-18-28-44(29-19-35)60(56,57)52-46(30-37-12-6-4-7-13-37)49(55)51-31-43-16-10-11-17-45(43)40-24-26-42(27-25-40)50-58-47(33-53(3)32-38-14-8-5-9-15-38)36(2)48(59-50)41-22-20-39(34-54)21-23-41/h4-29,36,46-48,50,52,54H,30-34H2,1-3H3,(H,51,55)/t36-,46-,47+,48+,50+/m1/s1. The van der Waals surface area contributed by atoms with Crippen LogP contribution in [0, 0.1) is 12.8 Å². The SMILES string of the molecule is Cc1ccc(S(=O)(=O)N[C@H](Cc2ccccc2)C(=O)NCc2ccccc2-c2ccc([C@H]3O[C@@H](CN(C)Cc4ccccc4)[C@@H](C)[C@@H](c4ccc(CO)cc4)O3)cc2)cc1. The number of amides is 1. The molecule has 1 aliphatic heterocycles. The normalized spacial score (nSPS) is 18.6. The second-order valence-corrected chi connectivity index (χ2v) is 17.4. The fourth-order valence-electron chi connectivity index (χ4n) is 7.69. The number of hydrogen-bond acceptors (Lipinski definition) is 7. The minimum Gasteiger partial charge on any atom is -0.392 e. The number of aryl methyl sites for hydroxylation is 1. The van der Waals surface area contributed by atoms with Gasteiger partial charge in [-0.25, -0.2) is 8.42 Å². The average Bonchev–Trinajstić information content (AvgIpc) is 3.27. The van der Waals surface area contributed by atoms with Gasteiger partial charge in [0, 0.05) is 31.1 Å². The molecule has 3 N–H and O–H groups in total. The Bertz CT molecular complexity index is 2410. The van der Waals surface area contributed by atoms with E-state index < -0.39 is 28.3 Å². The highest BCUT2D eigenvalue weighted by molar-refractivity contribution is 7.89. The van der Waals surface area contributed by atoms with Crippen LogP contribution in [0.15, 0.2) is 163 Å². The summed E-state index contributed by atoms with van der Waals surface area (Å²) in [5.74, 6) is -0.379. The Kier molecular flexibility index (Phi) is 14.0. The Morgan fingerprint density at radius 2 is 1.35 bits per heavy atom. The van der Waals surface area contributed by atoms with Crippen LogP contribution < -0.4 is 10.0 Å². The van der Waals surface area contributed by atoms with Crippen molar-refractivity contribution in [1.82, 2.24) is 14.9 Å². The Hall–Kier alpha value is -5.46. The number of sulfonamides is 1. The maximum absolute atomic E-state index is 13.8. The lowest BCUT2D eigenvalue weighted by molar-refractivity contribution is -0.276. The molecule has 0 unspecified atom stereocenters. The van der Waals surface area contributed by atoms with Crippen molar-refractivity contribution in [3.8, 4) is 11.1 Å². The lowest BCUT2D eigenvalue weighted by Crippen LogP contribution is -2.47. The van der Waals surface area contributed by atoms with Crippen molar-refractivity contribution in [2.45, 2.75) is 69.4 Å². The van der Waals surface area contributed by atoms with Crippen LogP contribution >= 0.6 is 0 Å². The lowest BCUT2D eigenvalue weighted by atomic mass is 9.90. The number of carbonyl (C=O) groups excluding carboxylic acids is 1. The minimum absolute atomic E-state index is 0.0211. The van der Waals surface area contributed by atoms with Gasteiger partial charge in [0.2, 0.25) is 15.9 Å². The summed E-state index contributed by atoms with van der Waals surface area (Å²) >= 11 is 0. The third-order valence-corrected chi connectivity index (χ3v) is 12.6. The van der Waals surface area contributed by atoms with Gasteiger partial charge in [0.05, 0.1) is 23.7 Å². The topological polar surface area (TPSA) is 117 Å².